The van der Waals surface area contributed by atoms with E-state index in [1.165, 1.54) is 0 Å². The van der Waals surface area contributed by atoms with Gasteiger partial charge in [0, 0.05) is 25.7 Å². The van der Waals surface area contributed by atoms with E-state index in [0.29, 0.717) is 32.7 Å². The smallest absolute Gasteiger partial charge is 0.228 e. The molecule has 22 heavy (non-hydrogen) atoms. The molecule has 5 nitrogen and oxygen atoms in total. The van der Waals surface area contributed by atoms with Crippen molar-refractivity contribution < 1.29 is 19.4 Å². The van der Waals surface area contributed by atoms with E-state index in [9.17, 15) is 9.90 Å². The lowest BCUT2D eigenvalue weighted by molar-refractivity contribution is -0.149. The number of benzene rings is 1. The zero-order chi connectivity index (χ0) is 16.2. The first-order chi connectivity index (χ1) is 10.4. The Kier molecular flexibility index (Phi) is 5.42. The number of morpholine rings is 1. The van der Waals surface area contributed by atoms with Crippen LogP contribution in [-0.4, -0.2) is 49.3 Å². The normalized spacial score (nSPS) is 19.2. The standard InChI is InChI=1S/C17H25NO4/c1-17(2,7-9-21-3)16(20)18-8-10-22-15(12-18)13-5-4-6-14(19)11-13/h4-6,11,15,19H,7-10,12H2,1-3H3. The van der Waals surface area contributed by atoms with Crippen LogP contribution in [0.25, 0.3) is 0 Å². The van der Waals surface area contributed by atoms with Gasteiger partial charge in [-0.2, -0.15) is 0 Å². The first-order valence-electron chi connectivity index (χ1n) is 7.63. The maximum atomic E-state index is 12.7. The molecule has 1 amide bonds. The molecule has 122 valence electrons. The van der Waals surface area contributed by atoms with Gasteiger partial charge < -0.3 is 19.5 Å². The first kappa shape index (κ1) is 16.8. The van der Waals surface area contributed by atoms with Crippen LogP contribution in [0.3, 0.4) is 0 Å². The number of hydrogen-bond donors (Lipinski definition) is 1. The van der Waals surface area contributed by atoms with E-state index in [2.05, 4.69) is 0 Å². The molecule has 0 aliphatic carbocycles. The number of carbonyl (C=O) groups excluding carboxylic acids is 1. The van der Waals surface area contributed by atoms with Crippen molar-refractivity contribution in [1.82, 2.24) is 4.90 Å². The molecule has 1 atom stereocenters. The number of nitrogens with zero attached hydrogens (tertiary/aromatic N) is 1. The summed E-state index contributed by atoms with van der Waals surface area (Å²) in [5, 5.41) is 9.60. The predicted octanol–water partition coefficient (Wildman–Crippen LogP) is 2.35. The van der Waals surface area contributed by atoms with Crippen molar-refractivity contribution in [3.8, 4) is 5.75 Å². The third-order valence-electron chi connectivity index (χ3n) is 4.11. The van der Waals surface area contributed by atoms with E-state index in [1.807, 2.05) is 24.8 Å². The molecule has 1 aliphatic heterocycles. The fourth-order valence-corrected chi connectivity index (χ4v) is 2.65. The van der Waals surface area contributed by atoms with Crippen molar-refractivity contribution in [2.24, 2.45) is 5.41 Å². The molecule has 1 aromatic rings. The van der Waals surface area contributed by atoms with Gasteiger partial charge in [0.25, 0.3) is 0 Å². The van der Waals surface area contributed by atoms with E-state index in [1.54, 1.807) is 25.3 Å². The second-order valence-electron chi connectivity index (χ2n) is 6.33. The SMILES string of the molecule is COCCC(C)(C)C(=O)N1CCOC(c2cccc(O)c2)C1. The summed E-state index contributed by atoms with van der Waals surface area (Å²) in [6.07, 6.45) is 0.499. The topological polar surface area (TPSA) is 59.0 Å². The van der Waals surface area contributed by atoms with Gasteiger partial charge in [-0.05, 0) is 24.1 Å². The summed E-state index contributed by atoms with van der Waals surface area (Å²) in [5.74, 6) is 0.336. The van der Waals surface area contributed by atoms with E-state index in [0.717, 1.165) is 5.56 Å². The maximum absolute atomic E-state index is 12.7. The lowest BCUT2D eigenvalue weighted by atomic mass is 9.87. The number of aromatic hydroxyl groups is 1. The number of phenolic OH excluding ortho intramolecular Hbond substituents is 1. The van der Waals surface area contributed by atoms with Crippen molar-refractivity contribution in [3.05, 3.63) is 29.8 Å². The minimum atomic E-state index is -0.448. The van der Waals surface area contributed by atoms with Gasteiger partial charge in [-0.15, -0.1) is 0 Å². The van der Waals surface area contributed by atoms with Crippen LogP contribution in [0.2, 0.25) is 0 Å². The zero-order valence-corrected chi connectivity index (χ0v) is 13.5. The van der Waals surface area contributed by atoms with Crippen LogP contribution >= 0.6 is 0 Å². The fraction of sp³-hybridized carbons (Fsp3) is 0.588. The van der Waals surface area contributed by atoms with Crippen LogP contribution in [0, 0.1) is 5.41 Å². The first-order valence-corrected chi connectivity index (χ1v) is 7.63. The van der Waals surface area contributed by atoms with Gasteiger partial charge >= 0.3 is 0 Å². The third kappa shape index (κ3) is 3.99. The van der Waals surface area contributed by atoms with E-state index in [-0.39, 0.29) is 17.8 Å². The van der Waals surface area contributed by atoms with Crippen LogP contribution in [0.4, 0.5) is 0 Å². The molecule has 1 fully saturated rings. The Morgan fingerprint density at radius 3 is 2.95 bits per heavy atom. The van der Waals surface area contributed by atoms with Crippen LogP contribution in [0.5, 0.6) is 5.75 Å². The van der Waals surface area contributed by atoms with Crippen molar-refractivity contribution in [3.63, 3.8) is 0 Å². The zero-order valence-electron chi connectivity index (χ0n) is 13.5. The van der Waals surface area contributed by atoms with Crippen LogP contribution in [0.1, 0.15) is 31.9 Å². The van der Waals surface area contributed by atoms with E-state index in [4.69, 9.17) is 9.47 Å². The minimum absolute atomic E-state index is 0.123. The molecule has 0 aromatic heterocycles. The van der Waals surface area contributed by atoms with Crippen molar-refractivity contribution in [1.29, 1.82) is 0 Å². The summed E-state index contributed by atoms with van der Waals surface area (Å²) in [7, 11) is 1.65. The Hall–Kier alpha value is -1.59. The quantitative estimate of drug-likeness (QED) is 0.907. The molecule has 1 saturated heterocycles. The number of ether oxygens (including phenoxy) is 2. The molecule has 1 unspecified atom stereocenters. The molecule has 2 rings (SSSR count). The lowest BCUT2D eigenvalue weighted by Gasteiger charge is -2.37. The van der Waals surface area contributed by atoms with Gasteiger partial charge in [-0.25, -0.2) is 0 Å². The molecule has 5 heteroatoms. The second kappa shape index (κ2) is 7.11. The second-order valence-corrected chi connectivity index (χ2v) is 6.33. The Labute approximate surface area is 131 Å². The molecule has 1 aromatic carbocycles. The van der Waals surface area contributed by atoms with Crippen LogP contribution in [0.15, 0.2) is 24.3 Å². The number of amides is 1. The van der Waals surface area contributed by atoms with Gasteiger partial charge in [0.2, 0.25) is 5.91 Å². The summed E-state index contributed by atoms with van der Waals surface area (Å²) >= 11 is 0. The highest BCUT2D eigenvalue weighted by Crippen LogP contribution is 2.29. The monoisotopic (exact) mass is 307 g/mol. The number of methoxy groups -OCH3 is 1. The Bertz CT molecular complexity index is 515. The van der Waals surface area contributed by atoms with E-state index < -0.39 is 5.41 Å². The molecule has 1 N–H and O–H groups in total. The van der Waals surface area contributed by atoms with Crippen molar-refractivity contribution >= 4 is 5.91 Å². The van der Waals surface area contributed by atoms with Gasteiger partial charge in [-0.1, -0.05) is 26.0 Å². The maximum Gasteiger partial charge on any atom is 0.228 e. The highest BCUT2D eigenvalue weighted by atomic mass is 16.5. The minimum Gasteiger partial charge on any atom is -0.508 e. The summed E-state index contributed by atoms with van der Waals surface area (Å²) in [5.41, 5.74) is 0.448. The predicted molar refractivity (Wildman–Crippen MR) is 83.7 cm³/mol. The Morgan fingerprint density at radius 1 is 1.50 bits per heavy atom. The van der Waals surface area contributed by atoms with Gasteiger partial charge in [-0.3, -0.25) is 4.79 Å². The molecule has 0 spiro atoms. The van der Waals surface area contributed by atoms with Gasteiger partial charge in [0.1, 0.15) is 11.9 Å². The molecule has 0 bridgehead atoms. The Balaban J connectivity index is 2.05. The summed E-state index contributed by atoms with van der Waals surface area (Å²) in [4.78, 5) is 14.6. The molecule has 0 radical (unpaired) electrons. The van der Waals surface area contributed by atoms with Gasteiger partial charge in [0.15, 0.2) is 0 Å². The number of hydrogen-bond acceptors (Lipinski definition) is 4. The van der Waals surface area contributed by atoms with E-state index >= 15 is 0 Å². The van der Waals surface area contributed by atoms with Crippen LogP contribution in [-0.2, 0) is 14.3 Å². The third-order valence-corrected chi connectivity index (χ3v) is 4.11. The summed E-state index contributed by atoms with van der Waals surface area (Å²) < 4.78 is 10.9. The number of rotatable bonds is 5. The number of phenols is 1. The molecule has 0 saturated carbocycles. The van der Waals surface area contributed by atoms with Crippen molar-refractivity contribution in [2.75, 3.05) is 33.4 Å². The molecule has 1 aliphatic rings. The summed E-state index contributed by atoms with van der Waals surface area (Å²) in [6.45, 7) is 6.09. The highest BCUT2D eigenvalue weighted by Gasteiger charge is 2.34. The number of carbonyl (C=O) groups is 1. The molecular formula is C17H25NO4. The summed E-state index contributed by atoms with van der Waals surface area (Å²) in [6, 6.07) is 7.02. The van der Waals surface area contributed by atoms with Crippen molar-refractivity contribution in [2.45, 2.75) is 26.4 Å². The molecular weight excluding hydrogens is 282 g/mol. The average Bonchev–Trinajstić information content (AvgIpc) is 2.52. The fourth-order valence-electron chi connectivity index (χ4n) is 2.65. The van der Waals surface area contributed by atoms with Crippen LogP contribution < -0.4 is 0 Å². The lowest BCUT2D eigenvalue weighted by Crippen LogP contribution is -2.48. The average molecular weight is 307 g/mol. The highest BCUT2D eigenvalue weighted by molar-refractivity contribution is 5.82. The largest absolute Gasteiger partial charge is 0.508 e. The molecule has 1 heterocycles. The Morgan fingerprint density at radius 2 is 2.27 bits per heavy atom. The van der Waals surface area contributed by atoms with Gasteiger partial charge in [0.05, 0.1) is 13.2 Å².